The Hall–Kier alpha value is -1.91. The molecule has 0 aliphatic rings. The van der Waals surface area contributed by atoms with Crippen molar-refractivity contribution in [3.8, 4) is 11.1 Å². The summed E-state index contributed by atoms with van der Waals surface area (Å²) in [7, 11) is 2.91. The lowest BCUT2D eigenvalue weighted by Crippen LogP contribution is -2.26. The average molecular weight is 278 g/mol. The van der Waals surface area contributed by atoms with Crippen LogP contribution in [0.3, 0.4) is 0 Å². The number of amides is 1. The van der Waals surface area contributed by atoms with Gasteiger partial charge in [0, 0.05) is 18.3 Å². The van der Waals surface area contributed by atoms with Crippen LogP contribution in [0, 0.1) is 0 Å². The second-order valence-electron chi connectivity index (χ2n) is 3.84. The maximum absolute atomic E-state index is 12.0. The number of pyridine rings is 1. The molecule has 2 aromatic rings. The van der Waals surface area contributed by atoms with E-state index in [4.69, 9.17) is 17.8 Å². The standard InChI is InChI=1S/C14H13ClN2O2/c1-17(19-2)14(18)13-9-11(7-8-16-13)10-3-5-12(15)6-4-10/h3-9H,1-2H3/i3D. The molecule has 1 aromatic carbocycles. The fourth-order valence-corrected chi connectivity index (χ4v) is 1.66. The SMILES string of the molecule is [2H]c1cc(Cl)ccc1-c1ccnc(C(=O)N(C)OC)c1. The number of carbonyl (C=O) groups excluding carboxylic acids is 1. The summed E-state index contributed by atoms with van der Waals surface area (Å²) in [6.45, 7) is 0. The van der Waals surface area contributed by atoms with Gasteiger partial charge in [-0.3, -0.25) is 14.6 Å². The van der Waals surface area contributed by atoms with Crippen molar-refractivity contribution >= 4 is 17.5 Å². The number of halogens is 1. The van der Waals surface area contributed by atoms with Crippen LogP contribution in [0.1, 0.15) is 11.9 Å². The summed E-state index contributed by atoms with van der Waals surface area (Å²) < 4.78 is 7.92. The lowest BCUT2D eigenvalue weighted by Gasteiger charge is -2.13. The fourth-order valence-electron chi connectivity index (χ4n) is 1.54. The zero-order chi connectivity index (χ0) is 14.7. The highest BCUT2D eigenvalue weighted by molar-refractivity contribution is 6.30. The van der Waals surface area contributed by atoms with Crippen LogP contribution >= 0.6 is 11.6 Å². The zero-order valence-electron chi connectivity index (χ0n) is 11.6. The first-order chi connectivity index (χ1) is 9.52. The Kier molecular flexibility index (Phi) is 3.72. The molecule has 0 atom stereocenters. The first kappa shape index (κ1) is 12.1. The van der Waals surface area contributed by atoms with Crippen LogP contribution in [0.25, 0.3) is 11.1 Å². The summed E-state index contributed by atoms with van der Waals surface area (Å²) in [4.78, 5) is 20.8. The van der Waals surface area contributed by atoms with Gasteiger partial charge in [-0.1, -0.05) is 23.7 Å². The van der Waals surface area contributed by atoms with E-state index >= 15 is 0 Å². The van der Waals surface area contributed by atoms with E-state index in [-0.39, 0.29) is 11.6 Å². The van der Waals surface area contributed by atoms with Gasteiger partial charge in [0.25, 0.3) is 5.91 Å². The van der Waals surface area contributed by atoms with E-state index in [0.717, 1.165) is 10.6 Å². The monoisotopic (exact) mass is 277 g/mol. The number of hydrogen-bond acceptors (Lipinski definition) is 3. The highest BCUT2D eigenvalue weighted by atomic mass is 35.5. The molecular weight excluding hydrogens is 264 g/mol. The van der Waals surface area contributed by atoms with Crippen molar-refractivity contribution in [1.82, 2.24) is 10.0 Å². The number of benzene rings is 1. The zero-order valence-corrected chi connectivity index (χ0v) is 11.3. The number of carbonyl (C=O) groups is 1. The highest BCUT2D eigenvalue weighted by Crippen LogP contribution is 2.21. The average Bonchev–Trinajstić information content (AvgIpc) is 2.45. The van der Waals surface area contributed by atoms with Gasteiger partial charge < -0.3 is 0 Å². The Bertz CT molecular complexity index is 649. The highest BCUT2D eigenvalue weighted by Gasteiger charge is 2.13. The van der Waals surface area contributed by atoms with Gasteiger partial charge in [0.15, 0.2) is 0 Å². The number of aromatic nitrogens is 1. The van der Waals surface area contributed by atoms with Crippen LogP contribution in [0.5, 0.6) is 0 Å². The van der Waals surface area contributed by atoms with E-state index in [9.17, 15) is 4.79 Å². The fraction of sp³-hybridized carbons (Fsp3) is 0.143. The molecule has 0 aliphatic carbocycles. The Balaban J connectivity index is 2.42. The van der Waals surface area contributed by atoms with Crippen molar-refractivity contribution < 1.29 is 11.0 Å². The molecule has 0 bridgehead atoms. The molecule has 0 saturated carbocycles. The minimum atomic E-state index is -0.352. The van der Waals surface area contributed by atoms with Crippen LogP contribution < -0.4 is 0 Å². The lowest BCUT2D eigenvalue weighted by atomic mass is 10.1. The third-order valence-electron chi connectivity index (χ3n) is 2.62. The summed E-state index contributed by atoms with van der Waals surface area (Å²) >= 11 is 5.84. The molecule has 0 radical (unpaired) electrons. The van der Waals surface area contributed by atoms with Crippen LogP contribution in [0.2, 0.25) is 5.02 Å². The Morgan fingerprint density at radius 3 is 2.84 bits per heavy atom. The molecule has 19 heavy (non-hydrogen) atoms. The van der Waals surface area contributed by atoms with Gasteiger partial charge in [-0.05, 0) is 35.4 Å². The van der Waals surface area contributed by atoms with Gasteiger partial charge in [-0.2, -0.15) is 0 Å². The maximum Gasteiger partial charge on any atom is 0.295 e. The first-order valence-corrected chi connectivity index (χ1v) is 5.95. The lowest BCUT2D eigenvalue weighted by molar-refractivity contribution is -0.0760. The van der Waals surface area contributed by atoms with E-state index in [1.165, 1.54) is 20.4 Å². The first-order valence-electron chi connectivity index (χ1n) is 6.07. The van der Waals surface area contributed by atoms with Crippen molar-refractivity contribution in [3.63, 3.8) is 0 Å². The van der Waals surface area contributed by atoms with Crippen LogP contribution in [0.15, 0.2) is 42.6 Å². The van der Waals surface area contributed by atoms with Crippen molar-refractivity contribution in [2.75, 3.05) is 14.2 Å². The van der Waals surface area contributed by atoms with Gasteiger partial charge in [0.05, 0.1) is 8.48 Å². The Morgan fingerprint density at radius 1 is 1.37 bits per heavy atom. The molecule has 0 aliphatic heterocycles. The molecule has 1 aromatic heterocycles. The van der Waals surface area contributed by atoms with Gasteiger partial charge in [-0.15, -0.1) is 0 Å². The predicted octanol–water partition coefficient (Wildman–Crippen LogP) is 3.04. The summed E-state index contributed by atoms with van der Waals surface area (Å²) in [5.41, 5.74) is 1.67. The van der Waals surface area contributed by atoms with Crippen LogP contribution in [0.4, 0.5) is 0 Å². The molecule has 0 unspecified atom stereocenters. The smallest absolute Gasteiger partial charge is 0.274 e. The summed E-state index contributed by atoms with van der Waals surface area (Å²) in [6.07, 6.45) is 1.53. The van der Waals surface area contributed by atoms with Crippen LogP contribution in [-0.4, -0.2) is 30.1 Å². The molecule has 0 N–H and O–H groups in total. The van der Waals surface area contributed by atoms with E-state index in [1.54, 1.807) is 30.3 Å². The quantitative estimate of drug-likeness (QED) is 0.810. The topological polar surface area (TPSA) is 42.4 Å². The molecule has 4 nitrogen and oxygen atoms in total. The Morgan fingerprint density at radius 2 is 2.16 bits per heavy atom. The maximum atomic E-state index is 12.0. The second kappa shape index (κ2) is 5.82. The third-order valence-corrected chi connectivity index (χ3v) is 2.86. The molecule has 98 valence electrons. The van der Waals surface area contributed by atoms with E-state index in [0.29, 0.717) is 16.6 Å². The normalized spacial score (nSPS) is 11.0. The summed E-state index contributed by atoms with van der Waals surface area (Å²) in [5.74, 6) is -0.352. The molecule has 0 spiro atoms. The molecule has 5 heteroatoms. The second-order valence-corrected chi connectivity index (χ2v) is 4.27. The van der Waals surface area contributed by atoms with E-state index in [2.05, 4.69) is 4.98 Å². The molecule has 0 fully saturated rings. The minimum absolute atomic E-state index is 0.251. The summed E-state index contributed by atoms with van der Waals surface area (Å²) in [5, 5.41) is 1.60. The predicted molar refractivity (Wildman–Crippen MR) is 73.8 cm³/mol. The van der Waals surface area contributed by atoms with Gasteiger partial charge in [0.1, 0.15) is 5.69 Å². The van der Waals surface area contributed by atoms with Crippen molar-refractivity contribution in [2.45, 2.75) is 0 Å². The van der Waals surface area contributed by atoms with E-state index in [1.807, 2.05) is 0 Å². The van der Waals surface area contributed by atoms with Gasteiger partial charge in [-0.25, -0.2) is 5.06 Å². The minimum Gasteiger partial charge on any atom is -0.274 e. The Labute approximate surface area is 118 Å². The molecule has 0 saturated heterocycles. The van der Waals surface area contributed by atoms with Crippen molar-refractivity contribution in [2.24, 2.45) is 0 Å². The van der Waals surface area contributed by atoms with E-state index < -0.39 is 0 Å². The number of hydroxylamine groups is 2. The number of nitrogens with zero attached hydrogens (tertiary/aromatic N) is 2. The number of rotatable bonds is 3. The molecular formula is C14H13ClN2O2. The van der Waals surface area contributed by atoms with Crippen molar-refractivity contribution in [3.05, 3.63) is 53.3 Å². The van der Waals surface area contributed by atoms with Crippen LogP contribution in [-0.2, 0) is 4.84 Å². The molecule has 2 rings (SSSR count). The molecule has 1 amide bonds. The largest absolute Gasteiger partial charge is 0.295 e. The van der Waals surface area contributed by atoms with Gasteiger partial charge in [0.2, 0.25) is 0 Å². The van der Waals surface area contributed by atoms with Crippen molar-refractivity contribution in [1.29, 1.82) is 0 Å². The van der Waals surface area contributed by atoms with Gasteiger partial charge >= 0.3 is 0 Å². The summed E-state index contributed by atoms with van der Waals surface area (Å²) in [6, 6.07) is 8.67. The third kappa shape index (κ3) is 3.10. The number of hydrogen-bond donors (Lipinski definition) is 0. The molecule has 1 heterocycles.